The van der Waals surface area contributed by atoms with Gasteiger partial charge in [0.1, 0.15) is 0 Å². The van der Waals surface area contributed by atoms with Gasteiger partial charge in [0.2, 0.25) is 0 Å². The van der Waals surface area contributed by atoms with Crippen molar-refractivity contribution in [3.63, 3.8) is 0 Å². The molecule has 0 spiro atoms. The average Bonchev–Trinajstić information content (AvgIpc) is 0.722. The van der Waals surface area contributed by atoms with Crippen LogP contribution < -0.4 is 14.4 Å². The summed E-state index contributed by atoms with van der Waals surface area (Å²) >= 11 is 0. The number of hydrogen-bond donors (Lipinski definition) is 1. The molecule has 0 aromatic rings. The standard InChI is InChI=1S/Al.HO4Si.H3P/c;1-5(2,3)4;/h;1H;1H3/q+3;-3;. The van der Waals surface area contributed by atoms with Crippen molar-refractivity contribution in [2.75, 3.05) is 0 Å². The van der Waals surface area contributed by atoms with Crippen molar-refractivity contribution in [3.05, 3.63) is 0 Å². The molecule has 0 saturated carbocycles. The van der Waals surface area contributed by atoms with Crippen LogP contribution in [0.4, 0.5) is 0 Å². The molecule has 0 bridgehead atoms. The smallest absolute Gasteiger partial charge is 0.861 e. The first-order chi connectivity index (χ1) is 2.00. The zero-order valence-corrected chi connectivity index (χ0v) is 7.03. The fourth-order valence-corrected chi connectivity index (χ4v) is 0. The monoisotopic (exact) mass is 154 g/mol. The fraction of sp³-hybridized carbons (Fsp3) is 0. The summed E-state index contributed by atoms with van der Waals surface area (Å²) in [5, 5.41) is 0. The molecular weight excluding hydrogens is 150 g/mol. The second-order valence-corrected chi connectivity index (χ2v) is 1.57. The van der Waals surface area contributed by atoms with Crippen molar-refractivity contribution in [2.45, 2.75) is 0 Å². The van der Waals surface area contributed by atoms with E-state index >= 15 is 0 Å². The van der Waals surface area contributed by atoms with Crippen LogP contribution >= 0.6 is 9.90 Å². The predicted octanol–water partition coefficient (Wildman–Crippen LogP) is -4.83. The minimum absolute atomic E-state index is 0. The van der Waals surface area contributed by atoms with Gasteiger partial charge in [-0.1, -0.05) is 0 Å². The minimum Gasteiger partial charge on any atom is -0.861 e. The number of hydrogen-bond acceptors (Lipinski definition) is 4. The Bertz CT molecular complexity index is 27.2. The summed E-state index contributed by atoms with van der Waals surface area (Å²) in [6.45, 7) is 0. The van der Waals surface area contributed by atoms with Gasteiger partial charge in [-0.3, -0.25) is 0 Å². The van der Waals surface area contributed by atoms with Crippen LogP contribution in [0.2, 0.25) is 0 Å². The summed E-state index contributed by atoms with van der Waals surface area (Å²) < 4.78 is 0. The maximum atomic E-state index is 8.69. The maximum absolute atomic E-state index is 8.69. The van der Waals surface area contributed by atoms with Crippen molar-refractivity contribution >= 4 is 36.3 Å². The molecule has 0 fully saturated rings. The molecule has 7 heavy (non-hydrogen) atoms. The van der Waals surface area contributed by atoms with E-state index in [1.807, 2.05) is 0 Å². The summed E-state index contributed by atoms with van der Waals surface area (Å²) in [6.07, 6.45) is 0. The Hall–Kier alpha value is 1.02. The molecule has 0 aromatic carbocycles. The van der Waals surface area contributed by atoms with Crippen LogP contribution in [0, 0.1) is 0 Å². The van der Waals surface area contributed by atoms with Crippen LogP contribution in [0.25, 0.3) is 0 Å². The summed E-state index contributed by atoms with van der Waals surface area (Å²) in [7, 11) is -5.36. The van der Waals surface area contributed by atoms with Crippen LogP contribution in [0.3, 0.4) is 0 Å². The van der Waals surface area contributed by atoms with E-state index in [2.05, 4.69) is 0 Å². The van der Waals surface area contributed by atoms with Crippen LogP contribution in [0.15, 0.2) is 0 Å². The van der Waals surface area contributed by atoms with Gasteiger partial charge in [-0.25, -0.2) is 0 Å². The van der Waals surface area contributed by atoms with Crippen LogP contribution in [-0.2, 0) is 0 Å². The molecule has 0 aliphatic heterocycles. The van der Waals surface area contributed by atoms with E-state index < -0.39 is 9.05 Å². The molecule has 1 N–H and O–H groups in total. The van der Waals surface area contributed by atoms with E-state index in [1.165, 1.54) is 0 Å². The van der Waals surface area contributed by atoms with Gasteiger partial charge < -0.3 is 19.2 Å². The zero-order valence-electron chi connectivity index (χ0n) is 3.46. The molecule has 0 amide bonds. The average molecular weight is 154 g/mol. The molecule has 0 aliphatic carbocycles. The van der Waals surface area contributed by atoms with Gasteiger partial charge in [-0.15, -0.1) is 9.05 Å². The normalized spacial score (nSPS) is 8.57. The van der Waals surface area contributed by atoms with Gasteiger partial charge in [-0.2, -0.15) is 9.90 Å². The van der Waals surface area contributed by atoms with Crippen LogP contribution in [0.1, 0.15) is 0 Å². The summed E-state index contributed by atoms with van der Waals surface area (Å²) in [5.74, 6) is 0. The molecule has 0 saturated heterocycles. The largest absolute Gasteiger partial charge is 3.00 e. The third-order valence-electron chi connectivity index (χ3n) is 0. The molecular formula is H4AlO4PSi. The molecule has 0 radical (unpaired) electrons. The topological polar surface area (TPSA) is 89.4 Å². The first kappa shape index (κ1) is 15.7. The van der Waals surface area contributed by atoms with Crippen molar-refractivity contribution in [3.8, 4) is 0 Å². The van der Waals surface area contributed by atoms with Crippen LogP contribution in [0.5, 0.6) is 0 Å². The third kappa shape index (κ3) is 170. The van der Waals surface area contributed by atoms with Gasteiger partial charge in [0, 0.05) is 0 Å². The van der Waals surface area contributed by atoms with E-state index in [9.17, 15) is 0 Å². The Labute approximate surface area is 56.0 Å². The first-order valence-electron chi connectivity index (χ1n) is 0.836. The molecule has 7 heteroatoms. The van der Waals surface area contributed by atoms with E-state index in [0.717, 1.165) is 0 Å². The van der Waals surface area contributed by atoms with Crippen molar-refractivity contribution in [2.24, 2.45) is 0 Å². The molecule has 0 aliphatic rings. The molecule has 0 heterocycles. The molecule has 0 aromatic heterocycles. The van der Waals surface area contributed by atoms with E-state index in [0.29, 0.717) is 0 Å². The van der Waals surface area contributed by atoms with Crippen molar-refractivity contribution < 1.29 is 19.2 Å². The Morgan fingerprint density at radius 1 is 1.14 bits per heavy atom. The Kier molecular flexibility index (Phi) is 11.6. The Morgan fingerprint density at radius 3 is 1.14 bits per heavy atom. The van der Waals surface area contributed by atoms with E-state index in [-0.39, 0.29) is 27.3 Å². The third-order valence-corrected chi connectivity index (χ3v) is 0. The first-order valence-corrected chi connectivity index (χ1v) is 2.51. The summed E-state index contributed by atoms with van der Waals surface area (Å²) in [5.41, 5.74) is 0. The van der Waals surface area contributed by atoms with Gasteiger partial charge in [-0.05, 0) is 0 Å². The van der Waals surface area contributed by atoms with Crippen molar-refractivity contribution in [1.29, 1.82) is 0 Å². The Balaban J connectivity index is -0.0000000800. The fourth-order valence-electron chi connectivity index (χ4n) is 0. The quantitative estimate of drug-likeness (QED) is 0.280. The number of rotatable bonds is 0. The van der Waals surface area contributed by atoms with Crippen molar-refractivity contribution in [1.82, 2.24) is 0 Å². The summed E-state index contributed by atoms with van der Waals surface area (Å²) in [4.78, 5) is 33.1. The molecule has 1 unspecified atom stereocenters. The van der Waals surface area contributed by atoms with Gasteiger partial charge in [0.05, 0.1) is 0 Å². The van der Waals surface area contributed by atoms with E-state index in [4.69, 9.17) is 19.2 Å². The minimum atomic E-state index is -5.36. The molecule has 4 nitrogen and oxygen atoms in total. The second-order valence-electron chi connectivity index (χ2n) is 0.524. The van der Waals surface area contributed by atoms with Gasteiger partial charge >= 0.3 is 17.4 Å². The molecule has 40 valence electrons. The Morgan fingerprint density at radius 2 is 1.14 bits per heavy atom. The van der Waals surface area contributed by atoms with E-state index in [1.54, 1.807) is 0 Å². The molecule has 0 rings (SSSR count). The molecule has 1 atom stereocenters. The predicted molar refractivity (Wildman–Crippen MR) is 24.8 cm³/mol. The van der Waals surface area contributed by atoms with Crippen LogP contribution in [-0.4, -0.2) is 31.2 Å². The maximum Gasteiger partial charge on any atom is 3.00 e. The second kappa shape index (κ2) is 5.16. The van der Waals surface area contributed by atoms with Gasteiger partial charge in [0.15, 0.2) is 0 Å². The zero-order chi connectivity index (χ0) is 4.50. The summed E-state index contributed by atoms with van der Waals surface area (Å²) in [6, 6.07) is 0. The van der Waals surface area contributed by atoms with Gasteiger partial charge in [0.25, 0.3) is 0 Å². The SMILES string of the molecule is P.[Al+3].[O-][Si]([O-])([O-])O.